The van der Waals surface area contributed by atoms with Crippen molar-refractivity contribution in [3.63, 3.8) is 0 Å². The number of unbranched alkanes of at least 4 members (excludes halogenated alkanes) is 2. The van der Waals surface area contributed by atoms with Gasteiger partial charge in [0.15, 0.2) is 0 Å². The first kappa shape index (κ1) is 16.0. The second kappa shape index (κ2) is 8.94. The van der Waals surface area contributed by atoms with E-state index in [4.69, 9.17) is 4.74 Å². The first-order valence-corrected chi connectivity index (χ1v) is 7.23. The van der Waals surface area contributed by atoms with Gasteiger partial charge >= 0.3 is 0 Å². The maximum Gasteiger partial charge on any atom is 0.125 e. The van der Waals surface area contributed by atoms with Gasteiger partial charge in [0.05, 0.1) is 0 Å². The molecule has 0 aliphatic heterocycles. The van der Waals surface area contributed by atoms with E-state index in [1.54, 1.807) is 0 Å². The molecule has 0 saturated carbocycles. The van der Waals surface area contributed by atoms with Gasteiger partial charge in [-0.15, -0.1) is 0 Å². The van der Waals surface area contributed by atoms with Gasteiger partial charge in [-0.3, -0.25) is 0 Å². The Morgan fingerprint density at radius 2 is 1.89 bits per heavy atom. The fraction of sp³-hybridized carbons (Fsp3) is 0.625. The lowest BCUT2D eigenvalue weighted by atomic mass is 10.1. The summed E-state index contributed by atoms with van der Waals surface area (Å²) < 4.78 is 5.72. The van der Waals surface area contributed by atoms with Crippen molar-refractivity contribution in [3.8, 4) is 5.75 Å². The number of aliphatic hydroxyl groups excluding tert-OH is 1. The minimum Gasteiger partial charge on any atom is -0.490 e. The van der Waals surface area contributed by atoms with Crippen LogP contribution in [0.2, 0.25) is 0 Å². The largest absolute Gasteiger partial charge is 0.490 e. The molecule has 0 fully saturated rings. The molecule has 1 aromatic carbocycles. The molecule has 19 heavy (non-hydrogen) atoms. The Morgan fingerprint density at radius 3 is 2.53 bits per heavy atom. The molecule has 0 saturated heterocycles. The highest BCUT2D eigenvalue weighted by Crippen LogP contribution is 2.22. The molecule has 0 radical (unpaired) electrons. The Labute approximate surface area is 117 Å². The van der Waals surface area contributed by atoms with Crippen molar-refractivity contribution in [1.82, 2.24) is 5.32 Å². The summed E-state index contributed by atoms with van der Waals surface area (Å²) in [6, 6.07) is 6.07. The number of nitrogens with one attached hydrogen (secondary N) is 1. The van der Waals surface area contributed by atoms with E-state index in [0.29, 0.717) is 13.2 Å². The summed E-state index contributed by atoms with van der Waals surface area (Å²) in [5.41, 5.74) is 2.23. The van der Waals surface area contributed by atoms with Gasteiger partial charge < -0.3 is 15.2 Å². The summed E-state index contributed by atoms with van der Waals surface area (Å²) in [4.78, 5) is 0. The quantitative estimate of drug-likeness (QED) is 0.675. The molecule has 3 heteroatoms. The summed E-state index contributed by atoms with van der Waals surface area (Å²) >= 11 is 0. The van der Waals surface area contributed by atoms with Crippen LogP contribution in [0.15, 0.2) is 18.2 Å². The summed E-state index contributed by atoms with van der Waals surface area (Å²) in [7, 11) is 0. The molecule has 1 unspecified atom stereocenters. The molecular weight excluding hydrogens is 238 g/mol. The Kier molecular flexibility index (Phi) is 7.53. The summed E-state index contributed by atoms with van der Waals surface area (Å²) in [6.07, 6.45) is 3.17. The van der Waals surface area contributed by atoms with Gasteiger partial charge in [-0.25, -0.2) is 0 Å². The molecule has 0 aliphatic carbocycles. The molecule has 2 N–H and O–H groups in total. The van der Waals surface area contributed by atoms with Gasteiger partial charge in [0.2, 0.25) is 0 Å². The van der Waals surface area contributed by atoms with Crippen molar-refractivity contribution in [3.05, 3.63) is 29.3 Å². The Balaban J connectivity index is 2.24. The minimum absolute atomic E-state index is 0.340. The predicted octanol–water partition coefficient (Wildman–Crippen LogP) is 2.82. The second-order valence-electron chi connectivity index (χ2n) is 5.10. The Morgan fingerprint density at radius 1 is 1.21 bits per heavy atom. The van der Waals surface area contributed by atoms with Crippen molar-refractivity contribution in [1.29, 1.82) is 0 Å². The van der Waals surface area contributed by atoms with E-state index in [9.17, 15) is 5.11 Å². The van der Waals surface area contributed by atoms with Gasteiger partial charge in [-0.05, 0) is 37.9 Å². The van der Waals surface area contributed by atoms with E-state index in [0.717, 1.165) is 23.4 Å². The molecule has 0 bridgehead atoms. The number of ether oxygens (including phenoxy) is 1. The molecule has 0 amide bonds. The highest BCUT2D eigenvalue weighted by atomic mass is 16.5. The summed E-state index contributed by atoms with van der Waals surface area (Å²) in [5, 5.41) is 13.1. The van der Waals surface area contributed by atoms with Crippen LogP contribution in [0.25, 0.3) is 0 Å². The number of benzene rings is 1. The summed E-state index contributed by atoms with van der Waals surface area (Å²) in [6.45, 7) is 8.14. The van der Waals surface area contributed by atoms with Crippen LogP contribution < -0.4 is 10.1 Å². The fourth-order valence-electron chi connectivity index (χ4n) is 2.03. The van der Waals surface area contributed by atoms with Crippen LogP contribution in [-0.4, -0.2) is 30.9 Å². The molecule has 0 spiro atoms. The fourth-order valence-corrected chi connectivity index (χ4v) is 2.03. The van der Waals surface area contributed by atoms with E-state index in [1.807, 2.05) is 32.0 Å². The Bertz CT molecular complexity index is 346. The standard InChI is InChI=1S/C16H27NO2/c1-4-5-6-10-17-11-15(18)12-19-16-13(2)8-7-9-14(16)3/h7-9,15,17-18H,4-6,10-12H2,1-3H3. The zero-order valence-electron chi connectivity index (χ0n) is 12.4. The number of rotatable bonds is 9. The van der Waals surface area contributed by atoms with Crippen LogP contribution in [0.1, 0.15) is 37.3 Å². The third kappa shape index (κ3) is 6.08. The maximum absolute atomic E-state index is 9.86. The zero-order chi connectivity index (χ0) is 14.1. The number of hydrogen-bond donors (Lipinski definition) is 2. The lowest BCUT2D eigenvalue weighted by Gasteiger charge is -2.16. The van der Waals surface area contributed by atoms with E-state index < -0.39 is 6.10 Å². The van der Waals surface area contributed by atoms with Crippen molar-refractivity contribution in [2.24, 2.45) is 0 Å². The number of aliphatic hydroxyl groups is 1. The maximum atomic E-state index is 9.86. The molecule has 3 nitrogen and oxygen atoms in total. The molecule has 1 atom stereocenters. The van der Waals surface area contributed by atoms with Crippen LogP contribution in [0, 0.1) is 13.8 Å². The monoisotopic (exact) mass is 265 g/mol. The van der Waals surface area contributed by atoms with E-state index in [-0.39, 0.29) is 0 Å². The number of hydrogen-bond acceptors (Lipinski definition) is 3. The number of para-hydroxylation sites is 1. The second-order valence-corrected chi connectivity index (χ2v) is 5.10. The van der Waals surface area contributed by atoms with Gasteiger partial charge in [0.25, 0.3) is 0 Å². The first-order valence-electron chi connectivity index (χ1n) is 7.23. The van der Waals surface area contributed by atoms with Crippen LogP contribution in [-0.2, 0) is 0 Å². The average Bonchev–Trinajstić information content (AvgIpc) is 2.38. The lowest BCUT2D eigenvalue weighted by molar-refractivity contribution is 0.106. The van der Waals surface area contributed by atoms with Gasteiger partial charge in [-0.1, -0.05) is 38.0 Å². The number of aryl methyl sites for hydroxylation is 2. The third-order valence-electron chi connectivity index (χ3n) is 3.17. The lowest BCUT2D eigenvalue weighted by Crippen LogP contribution is -2.32. The molecular formula is C16H27NO2. The first-order chi connectivity index (χ1) is 9.15. The summed E-state index contributed by atoms with van der Waals surface area (Å²) in [5.74, 6) is 0.896. The molecule has 0 aliphatic rings. The predicted molar refractivity (Wildman–Crippen MR) is 79.8 cm³/mol. The van der Waals surface area contributed by atoms with E-state index in [1.165, 1.54) is 19.3 Å². The van der Waals surface area contributed by atoms with E-state index >= 15 is 0 Å². The van der Waals surface area contributed by atoms with Crippen molar-refractivity contribution < 1.29 is 9.84 Å². The van der Waals surface area contributed by atoms with Gasteiger partial charge in [0.1, 0.15) is 18.5 Å². The smallest absolute Gasteiger partial charge is 0.125 e. The average molecular weight is 265 g/mol. The SMILES string of the molecule is CCCCCNCC(O)COc1c(C)cccc1C. The highest BCUT2D eigenvalue weighted by Gasteiger charge is 2.08. The van der Waals surface area contributed by atoms with Gasteiger partial charge in [-0.2, -0.15) is 0 Å². The van der Waals surface area contributed by atoms with Crippen LogP contribution >= 0.6 is 0 Å². The topological polar surface area (TPSA) is 41.5 Å². The van der Waals surface area contributed by atoms with E-state index in [2.05, 4.69) is 12.2 Å². The highest BCUT2D eigenvalue weighted by molar-refractivity contribution is 5.39. The molecule has 0 heterocycles. The Hall–Kier alpha value is -1.06. The normalized spacial score (nSPS) is 12.4. The third-order valence-corrected chi connectivity index (χ3v) is 3.17. The minimum atomic E-state index is -0.458. The molecule has 1 aromatic rings. The van der Waals surface area contributed by atoms with Crippen LogP contribution in [0.5, 0.6) is 5.75 Å². The van der Waals surface area contributed by atoms with Gasteiger partial charge in [0, 0.05) is 6.54 Å². The molecule has 108 valence electrons. The van der Waals surface area contributed by atoms with Crippen molar-refractivity contribution in [2.75, 3.05) is 19.7 Å². The molecule has 1 rings (SSSR count). The zero-order valence-corrected chi connectivity index (χ0v) is 12.4. The van der Waals surface area contributed by atoms with Crippen LogP contribution in [0.4, 0.5) is 0 Å². The van der Waals surface area contributed by atoms with Crippen molar-refractivity contribution >= 4 is 0 Å². The van der Waals surface area contributed by atoms with Crippen molar-refractivity contribution in [2.45, 2.75) is 46.1 Å². The van der Waals surface area contributed by atoms with Crippen LogP contribution in [0.3, 0.4) is 0 Å². The molecule has 0 aromatic heterocycles.